The minimum atomic E-state index is -0.978. The second kappa shape index (κ2) is 6.39. The fraction of sp³-hybridized carbons (Fsp3) is 0.500. The van der Waals surface area contributed by atoms with E-state index >= 15 is 0 Å². The largest absolute Gasteiger partial charge is 0.481 e. The molecule has 0 aliphatic heterocycles. The fourth-order valence-corrected chi connectivity index (χ4v) is 0.188. The second-order valence-electron chi connectivity index (χ2n) is 1.05. The van der Waals surface area contributed by atoms with Crippen molar-refractivity contribution in [1.29, 1.82) is 0 Å². The van der Waals surface area contributed by atoms with Gasteiger partial charge in [0, 0.05) is 6.61 Å². The highest BCUT2D eigenvalue weighted by molar-refractivity contribution is 5.76. The van der Waals surface area contributed by atoms with Crippen LogP contribution in [0.1, 0.15) is 6.42 Å². The van der Waals surface area contributed by atoms with Crippen molar-refractivity contribution < 1.29 is 15.0 Å². The van der Waals surface area contributed by atoms with E-state index in [1.165, 1.54) is 0 Å². The van der Waals surface area contributed by atoms with Crippen LogP contribution in [0.15, 0.2) is 0 Å². The van der Waals surface area contributed by atoms with E-state index in [2.05, 4.69) is 0 Å². The number of aliphatic hydroxyl groups excluding tert-OH is 1. The van der Waals surface area contributed by atoms with Gasteiger partial charge in [-0.1, -0.05) is 0 Å². The Bertz CT molecular complexity index is 64.3. The van der Waals surface area contributed by atoms with Gasteiger partial charge < -0.3 is 16.4 Å². The molecule has 0 bridgehead atoms. The zero-order valence-corrected chi connectivity index (χ0v) is 4.50. The third-order valence-corrected chi connectivity index (χ3v) is 0.448. The maximum atomic E-state index is 9.59. The zero-order chi connectivity index (χ0) is 5.70. The highest BCUT2D eigenvalue weighted by atomic mass is 16.4. The molecule has 0 heterocycles. The van der Waals surface area contributed by atoms with Crippen molar-refractivity contribution in [1.82, 2.24) is 6.15 Å². The minimum Gasteiger partial charge on any atom is -0.481 e. The first kappa shape index (κ1) is 10.4. The highest BCUT2D eigenvalue weighted by Crippen LogP contribution is 1.81. The van der Waals surface area contributed by atoms with Gasteiger partial charge >= 0.3 is 5.97 Å². The molecule has 1 radical (unpaired) electrons. The van der Waals surface area contributed by atoms with Gasteiger partial charge in [-0.05, 0) is 6.42 Å². The minimum absolute atomic E-state index is 0. The predicted octanol–water partition coefficient (Wildman–Crippen LogP) is -0.180. The lowest BCUT2D eigenvalue weighted by Gasteiger charge is -1.84. The van der Waals surface area contributed by atoms with Gasteiger partial charge in [0.05, 0.1) is 6.42 Å². The number of carboxylic acids is 1. The van der Waals surface area contributed by atoms with Crippen LogP contribution in [0.3, 0.4) is 0 Å². The van der Waals surface area contributed by atoms with Gasteiger partial charge in [0.25, 0.3) is 0 Å². The summed E-state index contributed by atoms with van der Waals surface area (Å²) in [6, 6.07) is 0. The van der Waals surface area contributed by atoms with Crippen LogP contribution in [0.5, 0.6) is 0 Å². The number of aliphatic carboxylic acids is 1. The van der Waals surface area contributed by atoms with Crippen LogP contribution in [0, 0.1) is 6.42 Å². The summed E-state index contributed by atoms with van der Waals surface area (Å²) in [6.07, 6.45) is 1.25. The van der Waals surface area contributed by atoms with E-state index in [0.717, 1.165) is 6.42 Å². The maximum Gasteiger partial charge on any atom is 0.307 e. The molecule has 0 aliphatic carbocycles. The first-order valence-corrected chi connectivity index (χ1v) is 1.94. The predicted molar refractivity (Wildman–Crippen MR) is 28.7 cm³/mol. The Morgan fingerprint density at radius 2 is 2.12 bits per heavy atom. The molecule has 0 fully saturated rings. The average Bonchev–Trinajstić information content (AvgIpc) is 1.61. The van der Waals surface area contributed by atoms with E-state index in [-0.39, 0.29) is 19.2 Å². The monoisotopic (exact) mass is 120 g/mol. The summed E-state index contributed by atoms with van der Waals surface area (Å²) in [4.78, 5) is 9.59. The van der Waals surface area contributed by atoms with Crippen LogP contribution in [-0.2, 0) is 4.79 Å². The molecule has 0 saturated carbocycles. The average molecular weight is 120 g/mol. The van der Waals surface area contributed by atoms with Gasteiger partial charge in [-0.25, -0.2) is 0 Å². The summed E-state index contributed by atoms with van der Waals surface area (Å²) >= 11 is 0. The molecule has 0 aliphatic rings. The van der Waals surface area contributed by atoms with Crippen LogP contribution in [0.4, 0.5) is 0 Å². The van der Waals surface area contributed by atoms with Crippen molar-refractivity contribution >= 4 is 5.97 Å². The Morgan fingerprint density at radius 3 is 2.25 bits per heavy atom. The lowest BCUT2D eigenvalue weighted by molar-refractivity contribution is -0.133. The van der Waals surface area contributed by atoms with Gasteiger partial charge in [-0.2, -0.15) is 0 Å². The maximum absolute atomic E-state index is 9.59. The molecule has 5 N–H and O–H groups in total. The molecule has 8 heavy (non-hydrogen) atoms. The van der Waals surface area contributed by atoms with Crippen molar-refractivity contribution in [3.05, 3.63) is 6.42 Å². The fourth-order valence-electron chi connectivity index (χ4n) is 0.188. The summed E-state index contributed by atoms with van der Waals surface area (Å²) in [7, 11) is 0. The van der Waals surface area contributed by atoms with Crippen LogP contribution in [-0.4, -0.2) is 22.8 Å². The summed E-state index contributed by atoms with van der Waals surface area (Å²) in [5, 5.41) is 15.9. The van der Waals surface area contributed by atoms with Crippen molar-refractivity contribution in [2.24, 2.45) is 0 Å². The molecule has 0 saturated heterocycles. The Morgan fingerprint density at radius 1 is 1.62 bits per heavy atom. The van der Waals surface area contributed by atoms with E-state index in [9.17, 15) is 4.79 Å². The number of carboxylic acid groups (broad SMARTS) is 1. The van der Waals surface area contributed by atoms with Gasteiger partial charge in [-0.3, -0.25) is 4.79 Å². The van der Waals surface area contributed by atoms with Crippen LogP contribution in [0.25, 0.3) is 0 Å². The molecule has 0 amide bonds. The summed E-state index contributed by atoms with van der Waals surface area (Å²) in [5.41, 5.74) is 0. The second-order valence-corrected chi connectivity index (χ2v) is 1.05. The first-order valence-electron chi connectivity index (χ1n) is 1.94. The Kier molecular flexibility index (Phi) is 8.30. The van der Waals surface area contributed by atoms with E-state index in [1.54, 1.807) is 0 Å². The highest BCUT2D eigenvalue weighted by Gasteiger charge is 1.92. The molecule has 0 aromatic heterocycles. The van der Waals surface area contributed by atoms with E-state index in [4.69, 9.17) is 10.2 Å². The third kappa shape index (κ3) is 9.04. The SMILES string of the molecule is N.O=C(O)[CH]CCO. The zero-order valence-electron chi connectivity index (χ0n) is 4.50. The van der Waals surface area contributed by atoms with Crippen LogP contribution >= 0.6 is 0 Å². The Labute approximate surface area is 47.7 Å². The van der Waals surface area contributed by atoms with E-state index in [0.29, 0.717) is 0 Å². The van der Waals surface area contributed by atoms with E-state index < -0.39 is 5.97 Å². The van der Waals surface area contributed by atoms with Gasteiger partial charge in [0.1, 0.15) is 0 Å². The van der Waals surface area contributed by atoms with Crippen LogP contribution < -0.4 is 6.15 Å². The molecular formula is C4H10NO3. The van der Waals surface area contributed by atoms with Gasteiger partial charge in [0.15, 0.2) is 0 Å². The van der Waals surface area contributed by atoms with Crippen molar-refractivity contribution in [3.8, 4) is 0 Å². The molecule has 0 rings (SSSR count). The quantitative estimate of drug-likeness (QED) is 0.481. The van der Waals surface area contributed by atoms with E-state index in [1.807, 2.05) is 0 Å². The molecule has 0 atom stereocenters. The number of carbonyl (C=O) groups is 1. The smallest absolute Gasteiger partial charge is 0.307 e. The first-order chi connectivity index (χ1) is 3.27. The standard InChI is InChI=1S/C4H7O3.H3N/c5-3-1-2-4(6)7;/h2,5H,1,3H2,(H,6,7);1H3. The molecule has 4 nitrogen and oxygen atoms in total. The van der Waals surface area contributed by atoms with Gasteiger partial charge in [-0.15, -0.1) is 0 Å². The molecular weight excluding hydrogens is 110 g/mol. The summed E-state index contributed by atoms with van der Waals surface area (Å²) < 4.78 is 0. The van der Waals surface area contributed by atoms with Crippen molar-refractivity contribution in [2.45, 2.75) is 6.42 Å². The molecule has 0 spiro atoms. The Hall–Kier alpha value is -0.610. The number of aliphatic hydroxyl groups is 1. The lowest BCUT2D eigenvalue weighted by atomic mass is 10.3. The Balaban J connectivity index is 0. The van der Waals surface area contributed by atoms with Crippen molar-refractivity contribution in [2.75, 3.05) is 6.61 Å². The number of rotatable bonds is 3. The normalized spacial score (nSPS) is 7.62. The topological polar surface area (TPSA) is 92.5 Å². The van der Waals surface area contributed by atoms with Crippen molar-refractivity contribution in [3.63, 3.8) is 0 Å². The molecule has 4 heteroatoms. The number of hydrogen-bond acceptors (Lipinski definition) is 3. The van der Waals surface area contributed by atoms with Crippen LogP contribution in [0.2, 0.25) is 0 Å². The van der Waals surface area contributed by atoms with Gasteiger partial charge in [0.2, 0.25) is 0 Å². The third-order valence-electron chi connectivity index (χ3n) is 0.448. The molecule has 0 aromatic rings. The summed E-state index contributed by atoms with van der Waals surface area (Å²) in [6.45, 7) is -0.0910. The number of hydrogen-bond donors (Lipinski definition) is 3. The lowest BCUT2D eigenvalue weighted by Crippen LogP contribution is -1.96. The summed E-state index contributed by atoms with van der Waals surface area (Å²) in [5.74, 6) is -0.978. The molecule has 0 unspecified atom stereocenters. The molecule has 0 aromatic carbocycles. The molecule has 49 valence electrons.